The molecule has 0 bridgehead atoms. The first-order valence-electron chi connectivity index (χ1n) is 6.79. The molecule has 21 heavy (non-hydrogen) atoms. The highest BCUT2D eigenvalue weighted by atomic mass is 16.5. The summed E-state index contributed by atoms with van der Waals surface area (Å²) in [6.07, 6.45) is 0.179. The molecule has 0 saturated carbocycles. The third-order valence-corrected chi connectivity index (χ3v) is 3.44. The first kappa shape index (κ1) is 15.5. The molecule has 1 aromatic carbocycles. The van der Waals surface area contributed by atoms with Gasteiger partial charge >= 0.3 is 0 Å². The Labute approximate surface area is 123 Å². The molecule has 1 aliphatic heterocycles. The Balaban J connectivity index is 2.39. The number of ether oxygens (including phenoxy) is 1. The molecular weight excluding hydrogens is 272 g/mol. The number of fused-ring (bicyclic) bond motifs is 1. The standard InChI is InChI=1S/C15H20N2O4/c1-15(2)6-11(20)13-12(21-15)4-3-9(14(13)17)10(19)5-8(16)7-18/h3-4,8,18H,5-7,16-17H2,1-2H3/t8-/m0/s1. The molecule has 0 saturated heterocycles. The number of carbonyl (C=O) groups excluding carboxylic acids is 2. The van der Waals surface area contributed by atoms with Crippen LogP contribution in [0.15, 0.2) is 12.1 Å². The lowest BCUT2D eigenvalue weighted by Crippen LogP contribution is -2.36. The lowest BCUT2D eigenvalue weighted by Gasteiger charge is -2.32. The minimum absolute atomic E-state index is 0.0278. The zero-order valence-corrected chi connectivity index (χ0v) is 12.2. The maximum absolute atomic E-state index is 12.2. The first-order chi connectivity index (χ1) is 9.75. The number of nitrogen functional groups attached to an aromatic ring is 1. The Hall–Kier alpha value is -1.92. The second-order valence-corrected chi connectivity index (χ2v) is 5.93. The molecule has 0 aliphatic carbocycles. The highest BCUT2D eigenvalue weighted by Crippen LogP contribution is 2.38. The number of rotatable bonds is 4. The van der Waals surface area contributed by atoms with Crippen molar-refractivity contribution in [1.82, 2.24) is 0 Å². The van der Waals surface area contributed by atoms with Crippen molar-refractivity contribution in [2.24, 2.45) is 5.73 Å². The summed E-state index contributed by atoms with van der Waals surface area (Å²) >= 11 is 0. The maximum atomic E-state index is 12.2. The van der Waals surface area contributed by atoms with Gasteiger partial charge in [-0.2, -0.15) is 0 Å². The number of anilines is 1. The number of carbonyl (C=O) groups is 2. The third-order valence-electron chi connectivity index (χ3n) is 3.44. The largest absolute Gasteiger partial charge is 0.487 e. The summed E-state index contributed by atoms with van der Waals surface area (Å²) in [4.78, 5) is 24.4. The molecular formula is C15H20N2O4. The van der Waals surface area contributed by atoms with Crippen LogP contribution in [0.1, 0.15) is 47.4 Å². The van der Waals surface area contributed by atoms with Crippen molar-refractivity contribution >= 4 is 17.3 Å². The number of aliphatic hydroxyl groups is 1. The van der Waals surface area contributed by atoms with E-state index in [0.29, 0.717) is 5.75 Å². The Bertz CT molecular complexity index is 596. The lowest BCUT2D eigenvalue weighted by molar-refractivity contribution is 0.0622. The lowest BCUT2D eigenvalue weighted by atomic mass is 9.89. The topological polar surface area (TPSA) is 116 Å². The van der Waals surface area contributed by atoms with E-state index in [2.05, 4.69) is 0 Å². The zero-order valence-electron chi connectivity index (χ0n) is 12.2. The van der Waals surface area contributed by atoms with Gasteiger partial charge < -0.3 is 21.3 Å². The van der Waals surface area contributed by atoms with Gasteiger partial charge in [0.1, 0.15) is 11.4 Å². The van der Waals surface area contributed by atoms with E-state index < -0.39 is 11.6 Å². The van der Waals surface area contributed by atoms with E-state index >= 15 is 0 Å². The number of Topliss-reactive ketones (excluding diaryl/α,β-unsaturated/α-hetero) is 2. The molecule has 5 N–H and O–H groups in total. The van der Waals surface area contributed by atoms with Gasteiger partial charge in [0.25, 0.3) is 0 Å². The quantitative estimate of drug-likeness (QED) is 0.561. The predicted octanol–water partition coefficient (Wildman–Crippen LogP) is 0.905. The van der Waals surface area contributed by atoms with E-state index in [-0.39, 0.29) is 47.8 Å². The molecule has 0 amide bonds. The summed E-state index contributed by atoms with van der Waals surface area (Å²) in [5.74, 6) is -0.0360. The van der Waals surface area contributed by atoms with Crippen LogP contribution in [0.4, 0.5) is 5.69 Å². The van der Waals surface area contributed by atoms with Crippen LogP contribution in [0.2, 0.25) is 0 Å². The molecule has 1 aromatic rings. The van der Waals surface area contributed by atoms with Crippen LogP contribution in [0.5, 0.6) is 5.75 Å². The number of benzene rings is 1. The fraction of sp³-hybridized carbons (Fsp3) is 0.467. The van der Waals surface area contributed by atoms with E-state index in [9.17, 15) is 9.59 Å². The molecule has 114 valence electrons. The van der Waals surface area contributed by atoms with Gasteiger partial charge in [-0.15, -0.1) is 0 Å². The van der Waals surface area contributed by atoms with Gasteiger partial charge in [-0.1, -0.05) is 0 Å². The minimum atomic E-state index is -0.640. The van der Waals surface area contributed by atoms with Crippen molar-refractivity contribution in [2.75, 3.05) is 12.3 Å². The summed E-state index contributed by atoms with van der Waals surface area (Å²) in [6, 6.07) is 2.48. The van der Waals surface area contributed by atoms with Crippen LogP contribution < -0.4 is 16.2 Å². The normalized spacial score (nSPS) is 17.8. The van der Waals surface area contributed by atoms with Gasteiger partial charge in [-0.05, 0) is 26.0 Å². The molecule has 1 heterocycles. The van der Waals surface area contributed by atoms with Crippen molar-refractivity contribution in [3.8, 4) is 5.75 Å². The molecule has 0 fully saturated rings. The van der Waals surface area contributed by atoms with Crippen molar-refractivity contribution < 1.29 is 19.4 Å². The minimum Gasteiger partial charge on any atom is -0.487 e. The third kappa shape index (κ3) is 3.06. The molecule has 1 aliphatic rings. The van der Waals surface area contributed by atoms with Gasteiger partial charge in [0.2, 0.25) is 0 Å². The Morgan fingerprint density at radius 3 is 2.76 bits per heavy atom. The number of hydrogen-bond acceptors (Lipinski definition) is 6. The molecule has 0 spiro atoms. The van der Waals surface area contributed by atoms with Crippen LogP contribution in [-0.2, 0) is 0 Å². The first-order valence-corrected chi connectivity index (χ1v) is 6.79. The summed E-state index contributed by atoms with van der Waals surface area (Å²) in [7, 11) is 0. The maximum Gasteiger partial charge on any atom is 0.172 e. The SMILES string of the molecule is CC1(C)CC(=O)c2c(ccc(C(=O)C[C@H](N)CO)c2N)O1. The van der Waals surface area contributed by atoms with Crippen molar-refractivity contribution in [1.29, 1.82) is 0 Å². The van der Waals surface area contributed by atoms with Crippen LogP contribution in [0, 0.1) is 0 Å². The van der Waals surface area contributed by atoms with Crippen LogP contribution in [0.25, 0.3) is 0 Å². The van der Waals surface area contributed by atoms with Gasteiger partial charge in [0.05, 0.1) is 24.3 Å². The van der Waals surface area contributed by atoms with Crippen LogP contribution >= 0.6 is 0 Å². The highest BCUT2D eigenvalue weighted by molar-refractivity contribution is 6.11. The van der Waals surface area contributed by atoms with Crippen molar-refractivity contribution in [3.05, 3.63) is 23.3 Å². The van der Waals surface area contributed by atoms with E-state index in [1.165, 1.54) is 6.07 Å². The molecule has 0 radical (unpaired) electrons. The fourth-order valence-corrected chi connectivity index (χ4v) is 2.44. The van der Waals surface area contributed by atoms with Crippen LogP contribution in [-0.4, -0.2) is 34.9 Å². The van der Waals surface area contributed by atoms with Crippen LogP contribution in [0.3, 0.4) is 0 Å². The summed E-state index contributed by atoms with van der Waals surface area (Å²) < 4.78 is 5.73. The fourth-order valence-electron chi connectivity index (χ4n) is 2.44. The van der Waals surface area contributed by atoms with Gasteiger partial charge in [0, 0.05) is 18.0 Å². The van der Waals surface area contributed by atoms with E-state index in [0.717, 1.165) is 0 Å². The predicted molar refractivity (Wildman–Crippen MR) is 78.5 cm³/mol. The number of aliphatic hydroxyl groups excluding tert-OH is 1. The monoisotopic (exact) mass is 292 g/mol. The second kappa shape index (κ2) is 5.46. The van der Waals surface area contributed by atoms with Gasteiger partial charge in [0.15, 0.2) is 11.6 Å². The Morgan fingerprint density at radius 2 is 2.14 bits per heavy atom. The average molecular weight is 292 g/mol. The summed E-state index contributed by atoms with van der Waals surface area (Å²) in [6.45, 7) is 3.36. The Kier molecular flexibility index (Phi) is 4.02. The average Bonchev–Trinajstić information content (AvgIpc) is 2.36. The van der Waals surface area contributed by atoms with Crippen molar-refractivity contribution in [2.45, 2.75) is 38.3 Å². The number of hydrogen-bond donors (Lipinski definition) is 3. The molecule has 6 nitrogen and oxygen atoms in total. The van der Waals surface area contributed by atoms with Gasteiger partial charge in [-0.3, -0.25) is 9.59 Å². The van der Waals surface area contributed by atoms with E-state index in [1.807, 2.05) is 13.8 Å². The van der Waals surface area contributed by atoms with E-state index in [4.69, 9.17) is 21.3 Å². The zero-order chi connectivity index (χ0) is 15.8. The number of nitrogens with two attached hydrogens (primary N) is 2. The van der Waals surface area contributed by atoms with Gasteiger partial charge in [-0.25, -0.2) is 0 Å². The molecule has 1 atom stereocenters. The summed E-state index contributed by atoms with van der Waals surface area (Å²) in [5, 5.41) is 8.91. The second-order valence-electron chi connectivity index (χ2n) is 5.93. The molecule has 0 aromatic heterocycles. The highest BCUT2D eigenvalue weighted by Gasteiger charge is 2.35. The molecule has 0 unspecified atom stereocenters. The smallest absolute Gasteiger partial charge is 0.172 e. The molecule has 2 rings (SSSR count). The Morgan fingerprint density at radius 1 is 1.48 bits per heavy atom. The molecule has 6 heteroatoms. The van der Waals surface area contributed by atoms with E-state index in [1.54, 1.807) is 6.07 Å². The number of ketones is 2. The summed E-state index contributed by atoms with van der Waals surface area (Å²) in [5.41, 5.74) is 11.6. The van der Waals surface area contributed by atoms with Crippen molar-refractivity contribution in [3.63, 3.8) is 0 Å².